The van der Waals surface area contributed by atoms with Gasteiger partial charge >= 0.3 is 10.2 Å². The zero-order valence-electron chi connectivity index (χ0n) is 22.3. The van der Waals surface area contributed by atoms with Crippen molar-refractivity contribution in [2.45, 2.75) is 20.3 Å². The minimum Gasteiger partial charge on any atom is -0.358 e. The van der Waals surface area contributed by atoms with Gasteiger partial charge in [0.1, 0.15) is 0 Å². The molecule has 1 N–H and O–H groups in total. The Balaban J connectivity index is 1.38. The molecule has 1 saturated heterocycles. The molecule has 202 valence electrons. The number of rotatable bonds is 4. The van der Waals surface area contributed by atoms with E-state index in [0.29, 0.717) is 47.7 Å². The second-order valence-electron chi connectivity index (χ2n) is 10.4. The number of H-pyrrole nitrogens is 1. The van der Waals surface area contributed by atoms with Crippen molar-refractivity contribution in [2.75, 3.05) is 48.4 Å². The molecule has 0 spiro atoms. The molecule has 0 atom stereocenters. The van der Waals surface area contributed by atoms with E-state index in [1.807, 2.05) is 37.9 Å². The minimum absolute atomic E-state index is 0.0333. The predicted octanol–water partition coefficient (Wildman–Crippen LogP) is 3.21. The summed E-state index contributed by atoms with van der Waals surface area (Å²) >= 11 is 0. The van der Waals surface area contributed by atoms with Crippen LogP contribution in [-0.2, 0) is 21.4 Å². The number of para-hydroxylation sites is 2. The number of amides is 2. The van der Waals surface area contributed by atoms with E-state index < -0.39 is 16.1 Å². The Morgan fingerprint density at radius 3 is 2.33 bits per heavy atom. The average Bonchev–Trinajstić information content (AvgIpc) is 3.57. The lowest BCUT2D eigenvalue weighted by Crippen LogP contribution is -2.47. The number of fused-ring (bicyclic) bond motifs is 2. The number of hydrogen-bond acceptors (Lipinski definition) is 5. The number of carbonyl (C=O) groups is 2. The van der Waals surface area contributed by atoms with E-state index in [-0.39, 0.29) is 18.0 Å². The summed E-state index contributed by atoms with van der Waals surface area (Å²) in [6.07, 6.45) is 2.27. The van der Waals surface area contributed by atoms with Crippen LogP contribution in [0.5, 0.6) is 0 Å². The van der Waals surface area contributed by atoms with Crippen molar-refractivity contribution in [3.05, 3.63) is 82.2 Å². The van der Waals surface area contributed by atoms with Gasteiger partial charge in [0.15, 0.2) is 0 Å². The Labute approximate surface area is 228 Å². The first-order valence-corrected chi connectivity index (χ1v) is 14.5. The lowest BCUT2D eigenvalue weighted by Gasteiger charge is -2.32. The van der Waals surface area contributed by atoms with E-state index in [9.17, 15) is 18.0 Å². The number of likely N-dealkylation sites (N-methyl/N-ethyl adjacent to an activating group) is 1. The predicted molar refractivity (Wildman–Crippen MR) is 152 cm³/mol. The van der Waals surface area contributed by atoms with Gasteiger partial charge in [0, 0.05) is 49.7 Å². The van der Waals surface area contributed by atoms with Crippen molar-refractivity contribution >= 4 is 45.0 Å². The Bertz CT molecular complexity index is 1630. The van der Waals surface area contributed by atoms with Crippen LogP contribution in [0.15, 0.2) is 48.5 Å². The summed E-state index contributed by atoms with van der Waals surface area (Å²) in [5.41, 5.74) is 5.35. The van der Waals surface area contributed by atoms with Crippen molar-refractivity contribution in [1.29, 1.82) is 0 Å². The number of nitrogens with zero attached hydrogens (tertiary/aromatic N) is 4. The number of hydrogen-bond donors (Lipinski definition) is 1. The molecule has 4 heterocycles. The second kappa shape index (κ2) is 9.39. The number of anilines is 2. The van der Waals surface area contributed by atoms with Crippen LogP contribution in [0, 0.1) is 13.8 Å². The van der Waals surface area contributed by atoms with Crippen LogP contribution in [0.3, 0.4) is 0 Å². The van der Waals surface area contributed by atoms with Gasteiger partial charge in [-0.05, 0) is 56.7 Å². The SMILES string of the molecule is Cc1[nH]c(C=C2C(=O)N(S(=O)(=O)N3CCc4ccccc43)c3ccccc32)c(C)c1C(=O)N1CCN(C)CC1. The van der Waals surface area contributed by atoms with Crippen molar-refractivity contribution in [2.24, 2.45) is 0 Å². The maximum Gasteiger partial charge on any atom is 0.333 e. The summed E-state index contributed by atoms with van der Waals surface area (Å²) < 4.78 is 30.1. The van der Waals surface area contributed by atoms with Crippen molar-refractivity contribution in [3.63, 3.8) is 0 Å². The van der Waals surface area contributed by atoms with Gasteiger partial charge in [0.05, 0.1) is 22.5 Å². The zero-order valence-corrected chi connectivity index (χ0v) is 23.1. The van der Waals surface area contributed by atoms with Gasteiger partial charge in [0.2, 0.25) is 0 Å². The van der Waals surface area contributed by atoms with E-state index in [0.717, 1.165) is 34.2 Å². The van der Waals surface area contributed by atoms with E-state index in [2.05, 4.69) is 9.88 Å². The van der Waals surface area contributed by atoms with Crippen molar-refractivity contribution in [1.82, 2.24) is 14.8 Å². The van der Waals surface area contributed by atoms with Gasteiger partial charge in [0.25, 0.3) is 11.8 Å². The normalized spacial score (nSPS) is 18.7. The van der Waals surface area contributed by atoms with E-state index in [1.54, 1.807) is 42.5 Å². The van der Waals surface area contributed by atoms with Gasteiger partial charge in [-0.15, -0.1) is 0 Å². The molecule has 0 radical (unpaired) electrons. The number of benzene rings is 2. The molecule has 0 aliphatic carbocycles. The van der Waals surface area contributed by atoms with E-state index >= 15 is 0 Å². The molecule has 0 saturated carbocycles. The Morgan fingerprint density at radius 1 is 0.923 bits per heavy atom. The largest absolute Gasteiger partial charge is 0.358 e. The quantitative estimate of drug-likeness (QED) is 0.508. The molecule has 1 fully saturated rings. The highest BCUT2D eigenvalue weighted by atomic mass is 32.2. The van der Waals surface area contributed by atoms with Crippen LogP contribution in [0.1, 0.15) is 38.4 Å². The lowest BCUT2D eigenvalue weighted by molar-refractivity contribution is -0.111. The van der Waals surface area contributed by atoms with Gasteiger partial charge in [-0.25, -0.2) is 0 Å². The summed E-state index contributed by atoms with van der Waals surface area (Å²) in [7, 11) is -2.14. The van der Waals surface area contributed by atoms with Gasteiger partial charge in [-0.1, -0.05) is 36.4 Å². The van der Waals surface area contributed by atoms with Gasteiger partial charge in [-0.3, -0.25) is 13.9 Å². The standard InChI is InChI=1S/C29H31N5O4S/c1-19-24(30-20(2)27(19)29(36)32-16-14-31(3)15-17-32)18-23-22-9-5-7-11-26(22)34(28(23)35)39(37,38)33-13-12-21-8-4-6-10-25(21)33/h4-11,18,30H,12-17H2,1-3H3. The smallest absolute Gasteiger partial charge is 0.333 e. The maximum absolute atomic E-state index is 13.9. The number of aromatic nitrogens is 1. The van der Waals surface area contributed by atoms with Crippen molar-refractivity contribution < 1.29 is 18.0 Å². The first-order chi connectivity index (χ1) is 18.7. The highest BCUT2D eigenvalue weighted by Gasteiger charge is 2.44. The van der Waals surface area contributed by atoms with Gasteiger partial charge in [-0.2, -0.15) is 12.7 Å². The fourth-order valence-electron chi connectivity index (χ4n) is 5.78. The number of aromatic amines is 1. The fraction of sp³-hybridized carbons (Fsp3) is 0.310. The van der Waals surface area contributed by atoms with Crippen LogP contribution in [0.2, 0.25) is 0 Å². The van der Waals surface area contributed by atoms with Gasteiger partial charge < -0.3 is 14.8 Å². The lowest BCUT2D eigenvalue weighted by atomic mass is 10.0. The third-order valence-corrected chi connectivity index (χ3v) is 9.71. The molecule has 10 heteroatoms. The molecule has 0 bridgehead atoms. The van der Waals surface area contributed by atoms with Crippen molar-refractivity contribution in [3.8, 4) is 0 Å². The highest BCUT2D eigenvalue weighted by molar-refractivity contribution is 7.95. The molecule has 6 rings (SSSR count). The van der Waals surface area contributed by atoms with E-state index in [4.69, 9.17) is 0 Å². The topological polar surface area (TPSA) is 97.0 Å². The highest BCUT2D eigenvalue weighted by Crippen LogP contribution is 2.42. The first-order valence-electron chi connectivity index (χ1n) is 13.1. The molecule has 2 amide bonds. The Hall–Kier alpha value is -3.89. The molecule has 1 aromatic heterocycles. The third kappa shape index (κ3) is 4.06. The van der Waals surface area contributed by atoms with Crippen LogP contribution < -0.4 is 8.61 Å². The molecule has 39 heavy (non-hydrogen) atoms. The first kappa shape index (κ1) is 25.4. The maximum atomic E-state index is 13.9. The summed E-state index contributed by atoms with van der Waals surface area (Å²) in [4.78, 5) is 34.6. The van der Waals surface area contributed by atoms with Crippen LogP contribution in [-0.4, -0.2) is 74.8 Å². The third-order valence-electron chi connectivity index (χ3n) is 7.95. The molecule has 2 aromatic carbocycles. The number of piperazine rings is 1. The molecular weight excluding hydrogens is 514 g/mol. The Kier molecular flexibility index (Phi) is 6.11. The van der Waals surface area contributed by atoms with Crippen LogP contribution >= 0.6 is 0 Å². The number of aryl methyl sites for hydroxylation is 1. The molecule has 3 aromatic rings. The zero-order chi connectivity index (χ0) is 27.5. The summed E-state index contributed by atoms with van der Waals surface area (Å²) in [5, 5.41) is 0. The molecule has 9 nitrogen and oxygen atoms in total. The molecule has 0 unspecified atom stereocenters. The number of nitrogens with one attached hydrogen (secondary N) is 1. The molecule has 3 aliphatic heterocycles. The minimum atomic E-state index is -4.18. The summed E-state index contributed by atoms with van der Waals surface area (Å²) in [6.45, 7) is 6.95. The molecule has 3 aliphatic rings. The molecular formula is C29H31N5O4S. The average molecular weight is 546 g/mol. The van der Waals surface area contributed by atoms with Crippen LogP contribution in [0.4, 0.5) is 11.4 Å². The summed E-state index contributed by atoms with van der Waals surface area (Å²) in [6, 6.07) is 14.3. The monoisotopic (exact) mass is 545 g/mol. The van der Waals surface area contributed by atoms with E-state index in [1.165, 1.54) is 4.31 Å². The fourth-order valence-corrected chi connectivity index (χ4v) is 7.44. The Morgan fingerprint density at radius 2 is 1.59 bits per heavy atom. The summed E-state index contributed by atoms with van der Waals surface area (Å²) in [5.74, 6) is -0.645. The van der Waals surface area contributed by atoms with Crippen LogP contribution in [0.25, 0.3) is 11.6 Å². The second-order valence-corrected chi connectivity index (χ2v) is 12.1. The number of carbonyl (C=O) groups excluding carboxylic acids is 2.